The number of ketones is 1. The molecule has 0 saturated carbocycles. The highest BCUT2D eigenvalue weighted by Gasteiger charge is 2.47. The molecule has 1 aromatic heterocycles. The molecule has 6 nitrogen and oxygen atoms in total. The van der Waals surface area contributed by atoms with E-state index in [1.807, 2.05) is 65.6 Å². The van der Waals surface area contributed by atoms with Gasteiger partial charge in [0, 0.05) is 11.1 Å². The summed E-state index contributed by atoms with van der Waals surface area (Å²) in [6.07, 6.45) is 3.87. The van der Waals surface area contributed by atoms with Crippen LogP contribution in [-0.2, 0) is 4.79 Å². The lowest BCUT2D eigenvalue weighted by molar-refractivity contribution is -0.115. The van der Waals surface area contributed by atoms with Crippen molar-refractivity contribution in [3.8, 4) is 28.8 Å². The van der Waals surface area contributed by atoms with E-state index in [4.69, 9.17) is 9.97 Å². The van der Waals surface area contributed by atoms with Crippen molar-refractivity contribution < 1.29 is 4.79 Å². The van der Waals surface area contributed by atoms with Crippen molar-refractivity contribution in [2.24, 2.45) is 5.92 Å². The van der Waals surface area contributed by atoms with Crippen LogP contribution in [0.25, 0.3) is 22.8 Å². The molecule has 3 atom stereocenters. The van der Waals surface area contributed by atoms with Gasteiger partial charge in [0.1, 0.15) is 0 Å². The molecule has 3 heterocycles. The number of nitrogens with zero attached hydrogens (tertiary/aromatic N) is 5. The van der Waals surface area contributed by atoms with Crippen LogP contribution < -0.4 is 4.90 Å². The number of carbonyl (C=O) groups is 1. The van der Waals surface area contributed by atoms with Crippen molar-refractivity contribution in [2.75, 3.05) is 4.90 Å². The van der Waals surface area contributed by atoms with E-state index in [2.05, 4.69) is 11.1 Å². The zero-order chi connectivity index (χ0) is 19.8. The Morgan fingerprint density at radius 1 is 0.897 bits per heavy atom. The Kier molecular flexibility index (Phi) is 4.14. The van der Waals surface area contributed by atoms with Crippen LogP contribution in [0, 0.1) is 17.2 Å². The van der Waals surface area contributed by atoms with Crippen molar-refractivity contribution in [1.29, 1.82) is 5.26 Å². The van der Waals surface area contributed by atoms with Crippen molar-refractivity contribution in [3.05, 3.63) is 72.8 Å². The summed E-state index contributed by atoms with van der Waals surface area (Å²) in [5, 5.41) is 9.55. The molecule has 2 aromatic carbocycles. The largest absolute Gasteiger partial charge is 0.322 e. The van der Waals surface area contributed by atoms with Gasteiger partial charge in [0.25, 0.3) is 0 Å². The first kappa shape index (κ1) is 17.3. The zero-order valence-electron chi connectivity index (χ0n) is 15.5. The van der Waals surface area contributed by atoms with Gasteiger partial charge in [-0.2, -0.15) is 15.2 Å². The summed E-state index contributed by atoms with van der Waals surface area (Å²) in [6, 6.07) is 21.1. The van der Waals surface area contributed by atoms with Crippen LogP contribution in [0.5, 0.6) is 0 Å². The van der Waals surface area contributed by atoms with Crippen molar-refractivity contribution in [1.82, 2.24) is 15.0 Å². The molecule has 0 aliphatic carbocycles. The summed E-state index contributed by atoms with van der Waals surface area (Å²) in [4.78, 5) is 28.5. The summed E-state index contributed by atoms with van der Waals surface area (Å²) in [7, 11) is 0. The monoisotopic (exact) mass is 379 g/mol. The second kappa shape index (κ2) is 6.95. The van der Waals surface area contributed by atoms with Gasteiger partial charge in [0.15, 0.2) is 17.4 Å². The van der Waals surface area contributed by atoms with Crippen LogP contribution in [0.1, 0.15) is 6.42 Å². The first-order chi connectivity index (χ1) is 14.2. The average Bonchev–Trinajstić information content (AvgIpc) is 3.08. The molecule has 0 amide bonds. The summed E-state index contributed by atoms with van der Waals surface area (Å²) in [6.45, 7) is 0. The van der Waals surface area contributed by atoms with E-state index >= 15 is 0 Å². The minimum atomic E-state index is -0.413. The quantitative estimate of drug-likeness (QED) is 0.693. The molecule has 6 heteroatoms. The predicted molar refractivity (Wildman–Crippen MR) is 109 cm³/mol. The SMILES string of the molecule is N#C[C@H]1CC2C(=O)C=CC1N2c1nc(-c2ccccc2)nc(-c2ccccc2)n1. The fourth-order valence-electron chi connectivity index (χ4n) is 3.99. The number of hydrogen-bond acceptors (Lipinski definition) is 6. The summed E-state index contributed by atoms with van der Waals surface area (Å²) in [5.74, 6) is 1.25. The summed E-state index contributed by atoms with van der Waals surface area (Å²) in [5.41, 5.74) is 1.74. The number of rotatable bonds is 3. The topological polar surface area (TPSA) is 82.8 Å². The highest BCUT2D eigenvalue weighted by Crippen LogP contribution is 2.37. The van der Waals surface area contributed by atoms with Crippen LogP contribution in [0.15, 0.2) is 72.8 Å². The molecular formula is C23H17N5O. The van der Waals surface area contributed by atoms with Gasteiger partial charge >= 0.3 is 0 Å². The highest BCUT2D eigenvalue weighted by molar-refractivity contribution is 5.99. The molecule has 0 radical (unpaired) electrons. The van der Waals surface area contributed by atoms with Gasteiger partial charge < -0.3 is 4.90 Å². The van der Waals surface area contributed by atoms with E-state index in [-0.39, 0.29) is 17.7 Å². The Hall–Kier alpha value is -3.85. The van der Waals surface area contributed by atoms with Gasteiger partial charge in [-0.1, -0.05) is 66.7 Å². The highest BCUT2D eigenvalue weighted by atomic mass is 16.1. The summed E-state index contributed by atoms with van der Waals surface area (Å²) < 4.78 is 0. The van der Waals surface area contributed by atoms with E-state index in [0.29, 0.717) is 24.0 Å². The lowest BCUT2D eigenvalue weighted by atomic mass is 10.0. The van der Waals surface area contributed by atoms with E-state index in [0.717, 1.165) is 11.1 Å². The van der Waals surface area contributed by atoms with E-state index < -0.39 is 6.04 Å². The van der Waals surface area contributed by atoms with Gasteiger partial charge in [-0.25, -0.2) is 4.98 Å². The third-order valence-corrected chi connectivity index (χ3v) is 5.42. The van der Waals surface area contributed by atoms with Crippen molar-refractivity contribution >= 4 is 11.7 Å². The van der Waals surface area contributed by atoms with Gasteiger partial charge in [-0.15, -0.1) is 0 Å². The number of anilines is 1. The average molecular weight is 379 g/mol. The standard InChI is InChI=1S/C23H17N5O/c24-14-17-13-19-20(29)12-11-18(17)28(19)23-26-21(15-7-3-1-4-8-15)25-22(27-23)16-9-5-2-6-10-16/h1-12,17-19H,13H2/t17-,18?,19?/m1/s1. The maximum absolute atomic E-state index is 12.5. The number of carbonyl (C=O) groups excluding carboxylic acids is 1. The number of benzene rings is 2. The molecular weight excluding hydrogens is 362 g/mol. The van der Waals surface area contributed by atoms with Gasteiger partial charge in [-0.3, -0.25) is 4.79 Å². The molecule has 2 bridgehead atoms. The minimum absolute atomic E-state index is 0.0121. The van der Waals surface area contributed by atoms with Gasteiger partial charge in [-0.05, 0) is 12.5 Å². The lowest BCUT2D eigenvalue weighted by Crippen LogP contribution is -2.44. The Morgan fingerprint density at radius 3 is 2.03 bits per heavy atom. The molecule has 2 aliphatic heterocycles. The maximum Gasteiger partial charge on any atom is 0.230 e. The molecule has 1 saturated heterocycles. The van der Waals surface area contributed by atoms with Crippen LogP contribution >= 0.6 is 0 Å². The van der Waals surface area contributed by atoms with E-state index in [9.17, 15) is 10.1 Å². The molecule has 2 aliphatic rings. The molecule has 2 unspecified atom stereocenters. The maximum atomic E-state index is 12.5. The Balaban J connectivity index is 1.68. The summed E-state index contributed by atoms with van der Waals surface area (Å²) >= 11 is 0. The molecule has 140 valence electrons. The molecule has 0 N–H and O–H groups in total. The van der Waals surface area contributed by atoms with Gasteiger partial charge in [0.05, 0.1) is 24.1 Å². The van der Waals surface area contributed by atoms with E-state index in [1.165, 1.54) is 0 Å². The zero-order valence-corrected chi connectivity index (χ0v) is 15.5. The van der Waals surface area contributed by atoms with Crippen LogP contribution in [-0.4, -0.2) is 32.8 Å². The molecule has 1 fully saturated rings. The lowest BCUT2D eigenvalue weighted by Gasteiger charge is -2.31. The van der Waals surface area contributed by atoms with Gasteiger partial charge in [0.2, 0.25) is 5.95 Å². The normalized spacial score (nSPS) is 22.5. The Labute approximate surface area is 168 Å². The fourth-order valence-corrected chi connectivity index (χ4v) is 3.99. The number of hydrogen-bond donors (Lipinski definition) is 0. The Morgan fingerprint density at radius 2 is 1.48 bits per heavy atom. The van der Waals surface area contributed by atoms with Crippen molar-refractivity contribution in [3.63, 3.8) is 0 Å². The first-order valence-electron chi connectivity index (χ1n) is 9.51. The second-order valence-corrected chi connectivity index (χ2v) is 7.16. The number of fused-ring (bicyclic) bond motifs is 2. The minimum Gasteiger partial charge on any atom is -0.322 e. The van der Waals surface area contributed by atoms with Crippen LogP contribution in [0.4, 0.5) is 5.95 Å². The smallest absolute Gasteiger partial charge is 0.230 e. The third kappa shape index (κ3) is 2.97. The Bertz CT molecular complexity index is 1080. The fraction of sp³-hybridized carbons (Fsp3) is 0.174. The molecule has 29 heavy (non-hydrogen) atoms. The number of aromatic nitrogens is 3. The first-order valence-corrected chi connectivity index (χ1v) is 9.51. The molecule has 0 spiro atoms. The predicted octanol–water partition coefficient (Wildman–Crippen LogP) is 3.43. The number of nitriles is 1. The molecule has 3 aromatic rings. The third-order valence-electron chi connectivity index (χ3n) is 5.42. The van der Waals surface area contributed by atoms with Crippen molar-refractivity contribution in [2.45, 2.75) is 18.5 Å². The second-order valence-electron chi connectivity index (χ2n) is 7.16. The van der Waals surface area contributed by atoms with E-state index in [1.54, 1.807) is 12.2 Å². The van der Waals surface area contributed by atoms with Crippen LogP contribution in [0.2, 0.25) is 0 Å². The molecule has 5 rings (SSSR count). The van der Waals surface area contributed by atoms with Crippen LogP contribution in [0.3, 0.4) is 0 Å².